The standard InChI is InChI=1S/C16H14F2O2S/c1-2-20-13-6-3-11(4-7-13)15(19)10-21-16-9-12(17)5-8-14(16)18/h3-9H,2,10H2,1H3. The highest BCUT2D eigenvalue weighted by molar-refractivity contribution is 8.00. The minimum atomic E-state index is -0.527. The van der Waals surface area contributed by atoms with Gasteiger partial charge in [-0.05, 0) is 49.4 Å². The van der Waals surface area contributed by atoms with Crippen LogP contribution in [-0.2, 0) is 0 Å². The van der Waals surface area contributed by atoms with Crippen LogP contribution in [0.3, 0.4) is 0 Å². The smallest absolute Gasteiger partial charge is 0.173 e. The molecule has 0 aliphatic carbocycles. The van der Waals surface area contributed by atoms with E-state index < -0.39 is 11.6 Å². The van der Waals surface area contributed by atoms with Gasteiger partial charge < -0.3 is 4.74 Å². The monoisotopic (exact) mass is 308 g/mol. The third-order valence-electron chi connectivity index (χ3n) is 2.74. The Kier molecular flexibility index (Phi) is 5.33. The summed E-state index contributed by atoms with van der Waals surface area (Å²) in [6.07, 6.45) is 0. The maximum atomic E-state index is 13.4. The van der Waals surface area contributed by atoms with Crippen LogP contribution in [0.25, 0.3) is 0 Å². The van der Waals surface area contributed by atoms with Crippen molar-refractivity contribution in [1.82, 2.24) is 0 Å². The summed E-state index contributed by atoms with van der Waals surface area (Å²) in [6.45, 7) is 2.44. The Bertz CT molecular complexity index is 627. The summed E-state index contributed by atoms with van der Waals surface area (Å²) in [5.41, 5.74) is 0.516. The Morgan fingerprint density at radius 1 is 1.14 bits per heavy atom. The van der Waals surface area contributed by atoms with Crippen molar-refractivity contribution in [1.29, 1.82) is 0 Å². The van der Waals surface area contributed by atoms with Crippen LogP contribution in [-0.4, -0.2) is 18.1 Å². The predicted octanol–water partition coefficient (Wildman–Crippen LogP) is 4.34. The zero-order chi connectivity index (χ0) is 15.2. The summed E-state index contributed by atoms with van der Waals surface area (Å²) in [7, 11) is 0. The summed E-state index contributed by atoms with van der Waals surface area (Å²) in [5, 5.41) is 0. The third-order valence-corrected chi connectivity index (χ3v) is 3.77. The molecule has 0 amide bonds. The van der Waals surface area contributed by atoms with Crippen molar-refractivity contribution in [2.24, 2.45) is 0 Å². The van der Waals surface area contributed by atoms with Gasteiger partial charge in [-0.1, -0.05) is 0 Å². The molecule has 0 bridgehead atoms. The van der Waals surface area contributed by atoms with Gasteiger partial charge in [-0.3, -0.25) is 4.79 Å². The molecule has 0 saturated heterocycles. The molecule has 0 aromatic heterocycles. The van der Waals surface area contributed by atoms with E-state index in [4.69, 9.17) is 4.74 Å². The fourth-order valence-electron chi connectivity index (χ4n) is 1.72. The van der Waals surface area contributed by atoms with Crippen molar-refractivity contribution in [3.63, 3.8) is 0 Å². The molecule has 2 nitrogen and oxygen atoms in total. The SMILES string of the molecule is CCOc1ccc(C(=O)CSc2cc(F)ccc2F)cc1. The fraction of sp³-hybridized carbons (Fsp3) is 0.188. The lowest BCUT2D eigenvalue weighted by Crippen LogP contribution is -2.03. The van der Waals surface area contributed by atoms with Crippen molar-refractivity contribution in [2.75, 3.05) is 12.4 Å². The second-order valence-corrected chi connectivity index (χ2v) is 5.26. The van der Waals surface area contributed by atoms with E-state index in [1.807, 2.05) is 6.92 Å². The van der Waals surface area contributed by atoms with E-state index in [9.17, 15) is 13.6 Å². The number of carbonyl (C=O) groups is 1. The predicted molar refractivity (Wildman–Crippen MR) is 79.0 cm³/mol. The van der Waals surface area contributed by atoms with Gasteiger partial charge in [-0.2, -0.15) is 0 Å². The quantitative estimate of drug-likeness (QED) is 0.586. The van der Waals surface area contributed by atoms with Gasteiger partial charge in [-0.25, -0.2) is 8.78 Å². The topological polar surface area (TPSA) is 26.3 Å². The number of benzene rings is 2. The number of hydrogen-bond acceptors (Lipinski definition) is 3. The zero-order valence-corrected chi connectivity index (χ0v) is 12.3. The van der Waals surface area contributed by atoms with Crippen molar-refractivity contribution in [3.8, 4) is 5.75 Å². The molecule has 0 aliphatic heterocycles. The lowest BCUT2D eigenvalue weighted by molar-refractivity contribution is 0.102. The van der Waals surface area contributed by atoms with Crippen LogP contribution in [0.4, 0.5) is 8.78 Å². The summed E-state index contributed by atoms with van der Waals surface area (Å²) < 4.78 is 31.8. The second-order valence-electron chi connectivity index (χ2n) is 4.24. The molecule has 2 aromatic carbocycles. The molecule has 0 N–H and O–H groups in total. The number of hydrogen-bond donors (Lipinski definition) is 0. The molecule has 0 atom stereocenters. The molecule has 0 unspecified atom stereocenters. The largest absolute Gasteiger partial charge is 0.494 e. The van der Waals surface area contributed by atoms with Crippen molar-refractivity contribution in [3.05, 3.63) is 59.7 Å². The van der Waals surface area contributed by atoms with E-state index in [1.54, 1.807) is 24.3 Å². The first-order chi connectivity index (χ1) is 10.1. The highest BCUT2D eigenvalue weighted by atomic mass is 32.2. The van der Waals surface area contributed by atoms with Gasteiger partial charge in [0.25, 0.3) is 0 Å². The van der Waals surface area contributed by atoms with Crippen LogP contribution >= 0.6 is 11.8 Å². The Morgan fingerprint density at radius 3 is 2.52 bits per heavy atom. The Labute approximate surface area is 126 Å². The van der Waals surface area contributed by atoms with Gasteiger partial charge in [0, 0.05) is 10.5 Å². The number of halogens is 2. The maximum absolute atomic E-state index is 13.4. The molecular formula is C16H14F2O2S. The van der Waals surface area contributed by atoms with Crippen LogP contribution < -0.4 is 4.74 Å². The molecule has 0 saturated carbocycles. The summed E-state index contributed by atoms with van der Waals surface area (Å²) in [6, 6.07) is 9.94. The van der Waals surface area contributed by atoms with Gasteiger partial charge in [0.2, 0.25) is 0 Å². The molecule has 0 heterocycles. The maximum Gasteiger partial charge on any atom is 0.173 e. The summed E-state index contributed by atoms with van der Waals surface area (Å²) in [5.74, 6) is -0.452. The number of rotatable bonds is 6. The van der Waals surface area contributed by atoms with E-state index in [1.165, 1.54) is 0 Å². The van der Waals surface area contributed by atoms with Crippen molar-refractivity contribution in [2.45, 2.75) is 11.8 Å². The van der Waals surface area contributed by atoms with Crippen molar-refractivity contribution < 1.29 is 18.3 Å². The number of ketones is 1. The molecule has 2 aromatic rings. The number of thioether (sulfide) groups is 1. The van der Waals surface area contributed by atoms with Crippen LogP contribution in [0, 0.1) is 11.6 Å². The lowest BCUT2D eigenvalue weighted by Gasteiger charge is -2.05. The highest BCUT2D eigenvalue weighted by Gasteiger charge is 2.10. The second kappa shape index (κ2) is 7.22. The Morgan fingerprint density at radius 2 is 1.86 bits per heavy atom. The molecule has 0 fully saturated rings. The third kappa shape index (κ3) is 4.29. The van der Waals surface area contributed by atoms with E-state index >= 15 is 0 Å². The highest BCUT2D eigenvalue weighted by Crippen LogP contribution is 2.24. The molecule has 5 heteroatoms. The van der Waals surface area contributed by atoms with Crippen molar-refractivity contribution >= 4 is 17.5 Å². The van der Waals surface area contributed by atoms with Gasteiger partial charge in [0.1, 0.15) is 17.4 Å². The number of carbonyl (C=O) groups excluding carboxylic acids is 1. The zero-order valence-electron chi connectivity index (χ0n) is 11.4. The molecular weight excluding hydrogens is 294 g/mol. The Balaban J connectivity index is 1.99. The van der Waals surface area contributed by atoms with Gasteiger partial charge >= 0.3 is 0 Å². The first-order valence-corrected chi connectivity index (χ1v) is 7.42. The lowest BCUT2D eigenvalue weighted by atomic mass is 10.1. The number of Topliss-reactive ketones (excluding diaryl/α,β-unsaturated/α-hetero) is 1. The summed E-state index contributed by atoms with van der Waals surface area (Å²) in [4.78, 5) is 12.1. The van der Waals surface area contributed by atoms with Gasteiger partial charge in [0.05, 0.1) is 12.4 Å². The molecule has 21 heavy (non-hydrogen) atoms. The van der Waals surface area contributed by atoms with E-state index in [0.717, 1.165) is 30.0 Å². The minimum absolute atomic E-state index is 0.0500. The average Bonchev–Trinajstić information content (AvgIpc) is 2.49. The van der Waals surface area contributed by atoms with Gasteiger partial charge in [-0.15, -0.1) is 11.8 Å². The molecule has 0 radical (unpaired) electrons. The first-order valence-electron chi connectivity index (χ1n) is 6.44. The molecule has 0 aliphatic rings. The van der Waals surface area contributed by atoms with Crippen LogP contribution in [0.1, 0.15) is 17.3 Å². The van der Waals surface area contributed by atoms with Crippen LogP contribution in [0.2, 0.25) is 0 Å². The molecule has 0 spiro atoms. The minimum Gasteiger partial charge on any atom is -0.494 e. The average molecular weight is 308 g/mol. The van der Waals surface area contributed by atoms with Crippen LogP contribution in [0.15, 0.2) is 47.4 Å². The van der Waals surface area contributed by atoms with E-state index in [2.05, 4.69) is 0 Å². The van der Waals surface area contributed by atoms with E-state index in [0.29, 0.717) is 17.9 Å². The van der Waals surface area contributed by atoms with Gasteiger partial charge in [0.15, 0.2) is 5.78 Å². The molecule has 110 valence electrons. The van der Waals surface area contributed by atoms with Crippen LogP contribution in [0.5, 0.6) is 5.75 Å². The van der Waals surface area contributed by atoms with E-state index in [-0.39, 0.29) is 16.4 Å². The normalized spacial score (nSPS) is 10.4. The fourth-order valence-corrected chi connectivity index (χ4v) is 2.57. The summed E-state index contributed by atoms with van der Waals surface area (Å²) >= 11 is 0.983. The number of ether oxygens (including phenoxy) is 1. The molecule has 2 rings (SSSR count). The Hall–Kier alpha value is -1.88. The first kappa shape index (κ1) is 15.5.